The average molecular weight is 393 g/mol. The first-order valence-electron chi connectivity index (χ1n) is 8.90. The Hall–Kier alpha value is -3.94. The molecule has 0 aliphatic rings. The van der Waals surface area contributed by atoms with Crippen molar-refractivity contribution in [2.75, 3.05) is 12.4 Å². The van der Waals surface area contributed by atoms with Crippen molar-refractivity contribution in [3.63, 3.8) is 0 Å². The highest BCUT2D eigenvalue weighted by molar-refractivity contribution is 6.01. The number of aromatic nitrogens is 1. The largest absolute Gasteiger partial charge is 0.403 e. The van der Waals surface area contributed by atoms with Crippen LogP contribution in [0.25, 0.3) is 16.6 Å². The SMILES string of the molecule is C=CC(=O)Nc1ccc2c(c1)c(C)cn2C(/C=C(\N)N/C(C=NC)=C/N)=C(\C)N. The second kappa shape index (κ2) is 9.32. The van der Waals surface area contributed by atoms with Crippen LogP contribution in [0.5, 0.6) is 0 Å². The zero-order valence-electron chi connectivity index (χ0n) is 16.9. The van der Waals surface area contributed by atoms with E-state index in [-0.39, 0.29) is 5.91 Å². The minimum Gasteiger partial charge on any atom is -0.403 e. The molecule has 0 fully saturated rings. The van der Waals surface area contributed by atoms with Gasteiger partial charge in [0.15, 0.2) is 0 Å². The molecule has 29 heavy (non-hydrogen) atoms. The Balaban J connectivity index is 2.49. The van der Waals surface area contributed by atoms with Crippen molar-refractivity contribution in [2.45, 2.75) is 13.8 Å². The van der Waals surface area contributed by atoms with E-state index in [1.807, 2.05) is 35.9 Å². The van der Waals surface area contributed by atoms with Crippen molar-refractivity contribution >= 4 is 34.4 Å². The number of nitrogens with zero attached hydrogens (tertiary/aromatic N) is 2. The minimum absolute atomic E-state index is 0.263. The topological polar surface area (TPSA) is 136 Å². The van der Waals surface area contributed by atoms with Crippen LogP contribution in [0, 0.1) is 6.92 Å². The molecule has 1 heterocycles. The molecule has 8 N–H and O–H groups in total. The fraction of sp³-hybridized carbons (Fsp3) is 0.143. The molecule has 0 saturated carbocycles. The standard InChI is InChI=1S/C21H27N7O/c1-5-21(29)27-15-6-7-18-17(8-15)13(2)12-28(18)19(14(3)23)9-20(24)26-16(10-22)11-25-4/h5-12,26H,1,22-24H2,2-4H3,(H,27,29)/b16-10+,19-14+,20-9+,25-11?. The predicted molar refractivity (Wildman–Crippen MR) is 121 cm³/mol. The molecule has 1 aromatic carbocycles. The van der Waals surface area contributed by atoms with Crippen LogP contribution in [0.1, 0.15) is 12.5 Å². The van der Waals surface area contributed by atoms with Gasteiger partial charge in [0.2, 0.25) is 5.91 Å². The summed E-state index contributed by atoms with van der Waals surface area (Å²) >= 11 is 0. The number of fused-ring (bicyclic) bond motifs is 1. The molecule has 0 radical (unpaired) electrons. The van der Waals surface area contributed by atoms with E-state index < -0.39 is 0 Å². The van der Waals surface area contributed by atoms with Crippen LogP contribution >= 0.6 is 0 Å². The molecule has 8 heteroatoms. The van der Waals surface area contributed by atoms with Crippen LogP contribution < -0.4 is 27.8 Å². The van der Waals surface area contributed by atoms with Crippen LogP contribution in [0.3, 0.4) is 0 Å². The molecule has 0 unspecified atom stereocenters. The Kier molecular flexibility index (Phi) is 6.86. The molecule has 0 saturated heterocycles. The predicted octanol–water partition coefficient (Wildman–Crippen LogP) is 2.11. The summed E-state index contributed by atoms with van der Waals surface area (Å²) in [5.41, 5.74) is 22.3. The summed E-state index contributed by atoms with van der Waals surface area (Å²) in [5, 5.41) is 6.73. The van der Waals surface area contributed by atoms with Crippen LogP contribution in [0.2, 0.25) is 0 Å². The first kappa shape index (κ1) is 21.4. The smallest absolute Gasteiger partial charge is 0.247 e. The molecular formula is C21H27N7O. The number of aryl methyl sites for hydroxylation is 1. The van der Waals surface area contributed by atoms with Gasteiger partial charge >= 0.3 is 0 Å². The molecule has 2 rings (SSSR count). The molecule has 1 aromatic heterocycles. The van der Waals surface area contributed by atoms with Gasteiger partial charge < -0.3 is 32.4 Å². The Morgan fingerprint density at radius 3 is 2.62 bits per heavy atom. The number of carbonyl (C=O) groups is 1. The van der Waals surface area contributed by atoms with Crippen LogP contribution in [0.15, 0.2) is 71.5 Å². The van der Waals surface area contributed by atoms with Crippen molar-refractivity contribution in [3.05, 3.63) is 72.1 Å². The highest BCUT2D eigenvalue weighted by Crippen LogP contribution is 2.28. The van der Waals surface area contributed by atoms with Crippen molar-refractivity contribution in [3.8, 4) is 0 Å². The number of nitrogens with two attached hydrogens (primary N) is 3. The maximum Gasteiger partial charge on any atom is 0.247 e. The summed E-state index contributed by atoms with van der Waals surface area (Å²) in [6, 6.07) is 5.64. The molecule has 0 aliphatic carbocycles. The van der Waals surface area contributed by atoms with Gasteiger partial charge in [-0.25, -0.2) is 0 Å². The number of nitrogens with one attached hydrogen (secondary N) is 2. The highest BCUT2D eigenvalue weighted by Gasteiger charge is 2.11. The Bertz CT molecular complexity index is 1050. The molecule has 0 aliphatic heterocycles. The number of amides is 1. The zero-order chi connectivity index (χ0) is 21.6. The van der Waals surface area contributed by atoms with E-state index in [9.17, 15) is 4.79 Å². The Morgan fingerprint density at radius 1 is 1.31 bits per heavy atom. The third-order valence-electron chi connectivity index (χ3n) is 4.15. The number of allylic oxidation sites excluding steroid dienone is 4. The van der Waals surface area contributed by atoms with Gasteiger partial charge in [0.05, 0.1) is 16.9 Å². The fourth-order valence-corrected chi connectivity index (χ4v) is 2.84. The second-order valence-corrected chi connectivity index (χ2v) is 6.41. The first-order chi connectivity index (χ1) is 13.8. The molecule has 2 aromatic rings. The van der Waals surface area contributed by atoms with E-state index in [4.69, 9.17) is 17.2 Å². The van der Waals surface area contributed by atoms with E-state index >= 15 is 0 Å². The van der Waals surface area contributed by atoms with Crippen LogP contribution in [0.4, 0.5) is 5.69 Å². The molecule has 8 nitrogen and oxygen atoms in total. The molecule has 0 atom stereocenters. The van der Waals surface area contributed by atoms with Crippen LogP contribution in [-0.2, 0) is 4.79 Å². The summed E-state index contributed by atoms with van der Waals surface area (Å²) in [7, 11) is 1.64. The van der Waals surface area contributed by atoms with Gasteiger partial charge in [-0.1, -0.05) is 6.58 Å². The van der Waals surface area contributed by atoms with Crippen molar-refractivity contribution in [2.24, 2.45) is 22.2 Å². The first-order valence-corrected chi connectivity index (χ1v) is 8.90. The third-order valence-corrected chi connectivity index (χ3v) is 4.15. The van der Waals surface area contributed by atoms with Gasteiger partial charge in [0.1, 0.15) is 5.82 Å². The maximum atomic E-state index is 11.6. The van der Waals surface area contributed by atoms with E-state index in [0.717, 1.165) is 16.5 Å². The van der Waals surface area contributed by atoms with Crippen molar-refractivity contribution in [1.29, 1.82) is 0 Å². The quantitative estimate of drug-likeness (QED) is 0.279. The lowest BCUT2D eigenvalue weighted by Crippen LogP contribution is -2.22. The number of aliphatic imine (C=N–C) groups is 1. The van der Waals surface area contributed by atoms with E-state index in [0.29, 0.717) is 28.6 Å². The second-order valence-electron chi connectivity index (χ2n) is 6.41. The number of hydrogen-bond acceptors (Lipinski definition) is 6. The minimum atomic E-state index is -0.263. The maximum absolute atomic E-state index is 11.6. The molecule has 0 spiro atoms. The summed E-state index contributed by atoms with van der Waals surface area (Å²) in [5.74, 6) is 0.0942. The van der Waals surface area contributed by atoms with Gasteiger partial charge in [-0.15, -0.1) is 0 Å². The highest BCUT2D eigenvalue weighted by atomic mass is 16.1. The van der Waals surface area contributed by atoms with Crippen LogP contribution in [-0.4, -0.2) is 23.7 Å². The molecule has 1 amide bonds. The van der Waals surface area contributed by atoms with E-state index in [1.165, 1.54) is 12.3 Å². The van der Waals surface area contributed by atoms with E-state index in [1.54, 1.807) is 26.3 Å². The zero-order valence-corrected chi connectivity index (χ0v) is 16.9. The average Bonchev–Trinajstić information content (AvgIpc) is 3.01. The fourth-order valence-electron chi connectivity index (χ4n) is 2.84. The lowest BCUT2D eigenvalue weighted by molar-refractivity contribution is -0.111. The molecular weight excluding hydrogens is 366 g/mol. The van der Waals surface area contributed by atoms with Gasteiger partial charge in [0.25, 0.3) is 0 Å². The third kappa shape index (κ3) is 5.07. The monoisotopic (exact) mass is 393 g/mol. The summed E-state index contributed by atoms with van der Waals surface area (Å²) < 4.78 is 1.95. The number of carbonyl (C=O) groups excluding carboxylic acids is 1. The van der Waals surface area contributed by atoms with Gasteiger partial charge in [0, 0.05) is 48.5 Å². The number of hydrogen-bond donors (Lipinski definition) is 5. The molecule has 0 bridgehead atoms. The lowest BCUT2D eigenvalue weighted by atomic mass is 10.1. The van der Waals surface area contributed by atoms with E-state index in [2.05, 4.69) is 22.2 Å². The lowest BCUT2D eigenvalue weighted by Gasteiger charge is -2.12. The van der Waals surface area contributed by atoms with Crippen molar-refractivity contribution in [1.82, 2.24) is 9.88 Å². The summed E-state index contributed by atoms with van der Waals surface area (Å²) in [6.45, 7) is 7.25. The Morgan fingerprint density at radius 2 is 2.03 bits per heavy atom. The normalized spacial score (nSPS) is 13.5. The summed E-state index contributed by atoms with van der Waals surface area (Å²) in [4.78, 5) is 15.5. The van der Waals surface area contributed by atoms with Crippen molar-refractivity contribution < 1.29 is 4.79 Å². The van der Waals surface area contributed by atoms with Gasteiger partial charge in [-0.05, 0) is 43.7 Å². The Labute approximate surface area is 170 Å². The molecule has 152 valence electrons. The summed E-state index contributed by atoms with van der Waals surface area (Å²) in [6.07, 6.45) is 7.87. The number of benzene rings is 1. The number of rotatable bonds is 7. The van der Waals surface area contributed by atoms with Gasteiger partial charge in [-0.3, -0.25) is 9.79 Å². The number of anilines is 1. The van der Waals surface area contributed by atoms with Gasteiger partial charge in [-0.2, -0.15) is 0 Å².